The largest absolute Gasteiger partial charge is 0.382 e. The van der Waals surface area contributed by atoms with Crippen LogP contribution in [-0.2, 0) is 0 Å². The maximum Gasteiger partial charge on any atom is 0.171 e. The molecule has 0 saturated carbocycles. The second-order valence-electron chi connectivity index (χ2n) is 4.69. The Bertz CT molecular complexity index is 672. The van der Waals surface area contributed by atoms with Crippen molar-refractivity contribution in [1.29, 1.82) is 5.26 Å². The third kappa shape index (κ3) is 2.65. The number of nitrogens with zero attached hydrogens (tertiary/aromatic N) is 6. The van der Waals surface area contributed by atoms with Crippen LogP contribution in [0.2, 0.25) is 0 Å². The fourth-order valence-electron chi connectivity index (χ4n) is 2.25. The Balaban J connectivity index is 2.63. The van der Waals surface area contributed by atoms with Gasteiger partial charge in [-0.1, -0.05) is 0 Å². The first-order chi connectivity index (χ1) is 10.0. The molecular weight excluding hydrogens is 266 g/mol. The molecule has 0 saturated heterocycles. The number of nitrogens with two attached hydrogens (primary N) is 1. The molecule has 2 heterocycles. The highest BCUT2D eigenvalue weighted by molar-refractivity contribution is 5.66. The quantitative estimate of drug-likeness (QED) is 0.916. The Morgan fingerprint density at radius 2 is 1.95 bits per heavy atom. The summed E-state index contributed by atoms with van der Waals surface area (Å²) < 4.78 is 1.51. The number of anilines is 2. The summed E-state index contributed by atoms with van der Waals surface area (Å²) in [5.41, 5.74) is 7.30. The number of rotatable bonds is 4. The average molecular weight is 285 g/mol. The van der Waals surface area contributed by atoms with Crippen molar-refractivity contribution in [1.82, 2.24) is 19.7 Å². The van der Waals surface area contributed by atoms with E-state index in [0.717, 1.165) is 18.8 Å². The minimum Gasteiger partial charge on any atom is -0.382 e. The van der Waals surface area contributed by atoms with Gasteiger partial charge in [0.25, 0.3) is 0 Å². The number of aromatic nitrogens is 4. The third-order valence-corrected chi connectivity index (χ3v) is 3.25. The lowest BCUT2D eigenvalue weighted by Crippen LogP contribution is -2.23. The van der Waals surface area contributed by atoms with Gasteiger partial charge < -0.3 is 10.6 Å². The van der Waals surface area contributed by atoms with Gasteiger partial charge in [-0.3, -0.25) is 0 Å². The standard InChI is InChI=1S/C14H19N7/c1-5-20(6-2)14-11(8-15)13(16)21(19-14)12-7-9(3)17-10(4)18-12/h7H,5-6,16H2,1-4H3. The van der Waals surface area contributed by atoms with E-state index < -0.39 is 0 Å². The van der Waals surface area contributed by atoms with Gasteiger partial charge in [0.2, 0.25) is 0 Å². The molecule has 0 radical (unpaired) electrons. The van der Waals surface area contributed by atoms with Crippen LogP contribution in [0.3, 0.4) is 0 Å². The molecule has 2 rings (SSSR count). The average Bonchev–Trinajstić information content (AvgIpc) is 2.76. The predicted octanol–water partition coefficient (Wildman–Crippen LogP) is 1.58. The van der Waals surface area contributed by atoms with Gasteiger partial charge in [0.1, 0.15) is 23.3 Å². The van der Waals surface area contributed by atoms with Crippen LogP contribution in [0.25, 0.3) is 5.82 Å². The highest BCUT2D eigenvalue weighted by Crippen LogP contribution is 2.26. The molecular formula is C14H19N7. The van der Waals surface area contributed by atoms with E-state index in [4.69, 9.17) is 5.73 Å². The molecule has 7 heteroatoms. The summed E-state index contributed by atoms with van der Waals surface area (Å²) in [5.74, 6) is 2.11. The molecule has 0 spiro atoms. The van der Waals surface area contributed by atoms with E-state index in [9.17, 15) is 5.26 Å². The lowest BCUT2D eigenvalue weighted by Gasteiger charge is -2.17. The Labute approximate surface area is 124 Å². The zero-order valence-electron chi connectivity index (χ0n) is 12.8. The fourth-order valence-corrected chi connectivity index (χ4v) is 2.25. The molecule has 0 fully saturated rings. The summed E-state index contributed by atoms with van der Waals surface area (Å²) in [5, 5.41) is 13.8. The van der Waals surface area contributed by atoms with Crippen LogP contribution >= 0.6 is 0 Å². The fraction of sp³-hybridized carbons (Fsp3) is 0.429. The number of hydrogen-bond acceptors (Lipinski definition) is 6. The highest BCUT2D eigenvalue weighted by atomic mass is 15.4. The first kappa shape index (κ1) is 14.8. The molecule has 2 N–H and O–H groups in total. The molecule has 110 valence electrons. The monoisotopic (exact) mass is 285 g/mol. The molecule has 0 unspecified atom stereocenters. The minimum atomic E-state index is 0.303. The topological polar surface area (TPSA) is 96.7 Å². The van der Waals surface area contributed by atoms with Gasteiger partial charge >= 0.3 is 0 Å². The molecule has 0 aliphatic rings. The number of aryl methyl sites for hydroxylation is 2. The van der Waals surface area contributed by atoms with Gasteiger partial charge in [0, 0.05) is 24.8 Å². The van der Waals surface area contributed by atoms with E-state index in [0.29, 0.717) is 28.8 Å². The van der Waals surface area contributed by atoms with Gasteiger partial charge in [-0.25, -0.2) is 9.97 Å². The molecule has 21 heavy (non-hydrogen) atoms. The molecule has 7 nitrogen and oxygen atoms in total. The van der Waals surface area contributed by atoms with E-state index in [2.05, 4.69) is 21.1 Å². The summed E-state index contributed by atoms with van der Waals surface area (Å²) in [6, 6.07) is 3.93. The normalized spacial score (nSPS) is 10.4. The summed E-state index contributed by atoms with van der Waals surface area (Å²) >= 11 is 0. The van der Waals surface area contributed by atoms with Crippen molar-refractivity contribution >= 4 is 11.6 Å². The Morgan fingerprint density at radius 3 is 2.48 bits per heavy atom. The lowest BCUT2D eigenvalue weighted by molar-refractivity contribution is 0.789. The predicted molar refractivity (Wildman–Crippen MR) is 81.3 cm³/mol. The van der Waals surface area contributed by atoms with Crippen molar-refractivity contribution in [3.05, 3.63) is 23.1 Å². The summed E-state index contributed by atoms with van der Waals surface area (Å²) in [6.07, 6.45) is 0. The zero-order chi connectivity index (χ0) is 15.6. The summed E-state index contributed by atoms with van der Waals surface area (Å²) in [7, 11) is 0. The van der Waals surface area contributed by atoms with Gasteiger partial charge in [0.15, 0.2) is 11.6 Å². The summed E-state index contributed by atoms with van der Waals surface area (Å²) in [6.45, 7) is 9.23. The van der Waals surface area contributed by atoms with Crippen LogP contribution in [-0.4, -0.2) is 32.8 Å². The minimum absolute atomic E-state index is 0.303. The van der Waals surface area contributed by atoms with E-state index in [1.165, 1.54) is 4.68 Å². The van der Waals surface area contributed by atoms with E-state index in [-0.39, 0.29) is 0 Å². The zero-order valence-corrected chi connectivity index (χ0v) is 12.8. The van der Waals surface area contributed by atoms with Gasteiger partial charge in [-0.2, -0.15) is 9.94 Å². The number of hydrogen-bond donors (Lipinski definition) is 1. The first-order valence-electron chi connectivity index (χ1n) is 6.88. The molecule has 0 aromatic carbocycles. The van der Waals surface area contributed by atoms with Crippen molar-refractivity contribution in [2.45, 2.75) is 27.7 Å². The first-order valence-corrected chi connectivity index (χ1v) is 6.88. The second kappa shape index (κ2) is 5.79. The Hall–Kier alpha value is -2.62. The van der Waals surface area contributed by atoms with Crippen molar-refractivity contribution in [3.63, 3.8) is 0 Å². The third-order valence-electron chi connectivity index (χ3n) is 3.25. The van der Waals surface area contributed by atoms with Crippen molar-refractivity contribution in [2.75, 3.05) is 23.7 Å². The molecule has 2 aromatic rings. The van der Waals surface area contributed by atoms with Crippen LogP contribution in [0, 0.1) is 25.2 Å². The van der Waals surface area contributed by atoms with Crippen LogP contribution in [0.1, 0.15) is 30.9 Å². The lowest BCUT2D eigenvalue weighted by atomic mass is 10.3. The smallest absolute Gasteiger partial charge is 0.171 e. The SMILES string of the molecule is CCN(CC)c1nn(-c2cc(C)nc(C)n2)c(N)c1C#N. The Morgan fingerprint density at radius 1 is 1.29 bits per heavy atom. The highest BCUT2D eigenvalue weighted by Gasteiger charge is 2.20. The van der Waals surface area contributed by atoms with E-state index in [1.54, 1.807) is 6.07 Å². The van der Waals surface area contributed by atoms with Crippen LogP contribution in [0.4, 0.5) is 11.6 Å². The molecule has 0 aliphatic carbocycles. The van der Waals surface area contributed by atoms with Crippen molar-refractivity contribution < 1.29 is 0 Å². The molecule has 0 amide bonds. The number of nitrogen functional groups attached to an aromatic ring is 1. The summed E-state index contributed by atoms with van der Waals surface area (Å²) in [4.78, 5) is 10.6. The maximum atomic E-state index is 9.37. The van der Waals surface area contributed by atoms with Crippen molar-refractivity contribution in [2.24, 2.45) is 0 Å². The van der Waals surface area contributed by atoms with Gasteiger partial charge in [0.05, 0.1) is 0 Å². The van der Waals surface area contributed by atoms with Gasteiger partial charge in [-0.15, -0.1) is 5.10 Å². The Kier molecular flexibility index (Phi) is 4.08. The second-order valence-corrected chi connectivity index (χ2v) is 4.69. The van der Waals surface area contributed by atoms with Crippen molar-refractivity contribution in [3.8, 4) is 11.9 Å². The molecule has 0 atom stereocenters. The van der Waals surface area contributed by atoms with E-state index in [1.807, 2.05) is 32.6 Å². The molecule has 0 aliphatic heterocycles. The van der Waals surface area contributed by atoms with Gasteiger partial charge in [-0.05, 0) is 27.7 Å². The van der Waals surface area contributed by atoms with Crippen LogP contribution in [0.15, 0.2) is 6.07 Å². The maximum absolute atomic E-state index is 9.37. The number of nitriles is 1. The van der Waals surface area contributed by atoms with E-state index >= 15 is 0 Å². The van der Waals surface area contributed by atoms with Crippen LogP contribution in [0.5, 0.6) is 0 Å². The van der Waals surface area contributed by atoms with Crippen LogP contribution < -0.4 is 10.6 Å². The molecule has 2 aromatic heterocycles. The molecule has 0 bridgehead atoms.